The second-order valence-corrected chi connectivity index (χ2v) is 4.38. The molecule has 1 aliphatic rings. The third-order valence-corrected chi connectivity index (χ3v) is 3.28. The van der Waals surface area contributed by atoms with E-state index in [1.807, 2.05) is 25.4 Å². The van der Waals surface area contributed by atoms with Crippen LogP contribution in [0.1, 0.15) is 31.1 Å². The van der Waals surface area contributed by atoms with Gasteiger partial charge in [0.25, 0.3) is 0 Å². The van der Waals surface area contributed by atoms with Gasteiger partial charge in [0, 0.05) is 13.2 Å². The predicted octanol–water partition coefficient (Wildman–Crippen LogP) is 1.78. The quantitative estimate of drug-likeness (QED) is 0.790. The first kappa shape index (κ1) is 9.78. The van der Waals surface area contributed by atoms with Crippen LogP contribution in [-0.4, -0.2) is 21.1 Å². The molecule has 1 N–H and O–H groups in total. The number of aromatic nitrogens is 3. The Labute approximate surface area is 94.7 Å². The highest BCUT2D eigenvalue weighted by atomic mass is 15.1. The van der Waals surface area contributed by atoms with Crippen molar-refractivity contribution in [2.24, 2.45) is 7.05 Å². The molecule has 0 saturated carbocycles. The van der Waals surface area contributed by atoms with E-state index in [0.717, 1.165) is 23.5 Å². The molecule has 3 heterocycles. The summed E-state index contributed by atoms with van der Waals surface area (Å²) in [7, 11) is 2.05. The molecule has 0 amide bonds. The lowest BCUT2D eigenvalue weighted by atomic mass is 10.0. The summed E-state index contributed by atoms with van der Waals surface area (Å²) in [5, 5.41) is 3.53. The van der Waals surface area contributed by atoms with Crippen molar-refractivity contribution in [3.63, 3.8) is 0 Å². The molecule has 0 aromatic carbocycles. The van der Waals surface area contributed by atoms with Gasteiger partial charge in [0.15, 0.2) is 5.65 Å². The number of rotatable bonds is 1. The first-order valence-corrected chi connectivity index (χ1v) is 5.87. The molecule has 0 radical (unpaired) electrons. The maximum Gasteiger partial charge on any atom is 0.159 e. The first-order valence-electron chi connectivity index (χ1n) is 5.87. The van der Waals surface area contributed by atoms with Gasteiger partial charge in [0.1, 0.15) is 11.3 Å². The predicted molar refractivity (Wildman–Crippen MR) is 63.1 cm³/mol. The lowest BCUT2D eigenvalue weighted by Gasteiger charge is -2.22. The van der Waals surface area contributed by atoms with Gasteiger partial charge in [-0.25, -0.2) is 9.97 Å². The topological polar surface area (TPSA) is 42.7 Å². The average molecular weight is 216 g/mol. The maximum absolute atomic E-state index is 4.67. The van der Waals surface area contributed by atoms with E-state index in [1.54, 1.807) is 0 Å². The van der Waals surface area contributed by atoms with Crippen LogP contribution in [0.2, 0.25) is 0 Å². The molecule has 1 saturated heterocycles. The molecule has 2 aromatic heterocycles. The number of fused-ring (bicyclic) bond motifs is 1. The van der Waals surface area contributed by atoms with Gasteiger partial charge in [-0.2, -0.15) is 0 Å². The number of nitrogens with one attached hydrogen (secondary N) is 1. The van der Waals surface area contributed by atoms with E-state index >= 15 is 0 Å². The molecule has 1 aliphatic heterocycles. The van der Waals surface area contributed by atoms with Crippen LogP contribution in [0.4, 0.5) is 0 Å². The van der Waals surface area contributed by atoms with Gasteiger partial charge in [0.2, 0.25) is 0 Å². The second-order valence-electron chi connectivity index (χ2n) is 4.38. The fourth-order valence-electron chi connectivity index (χ4n) is 2.42. The summed E-state index contributed by atoms with van der Waals surface area (Å²) in [5.74, 6) is 1.12. The van der Waals surface area contributed by atoms with Crippen molar-refractivity contribution in [2.45, 2.75) is 25.3 Å². The third kappa shape index (κ3) is 1.50. The fourth-order valence-corrected chi connectivity index (χ4v) is 2.42. The summed E-state index contributed by atoms with van der Waals surface area (Å²) in [5.41, 5.74) is 1.97. The van der Waals surface area contributed by atoms with Gasteiger partial charge in [-0.15, -0.1) is 0 Å². The van der Waals surface area contributed by atoms with Gasteiger partial charge in [-0.05, 0) is 31.5 Å². The summed E-state index contributed by atoms with van der Waals surface area (Å²) < 4.78 is 2.11. The Morgan fingerprint density at radius 3 is 3.12 bits per heavy atom. The molecule has 16 heavy (non-hydrogen) atoms. The average Bonchev–Trinajstić information content (AvgIpc) is 2.69. The van der Waals surface area contributed by atoms with Crippen molar-refractivity contribution >= 4 is 11.2 Å². The van der Waals surface area contributed by atoms with Gasteiger partial charge >= 0.3 is 0 Å². The summed E-state index contributed by atoms with van der Waals surface area (Å²) in [6.07, 6.45) is 5.56. The summed E-state index contributed by atoms with van der Waals surface area (Å²) >= 11 is 0. The van der Waals surface area contributed by atoms with Crippen LogP contribution in [0, 0.1) is 0 Å². The van der Waals surface area contributed by atoms with Crippen LogP contribution >= 0.6 is 0 Å². The van der Waals surface area contributed by atoms with Crippen molar-refractivity contribution in [3.05, 3.63) is 24.2 Å². The summed E-state index contributed by atoms with van der Waals surface area (Å²) in [6.45, 7) is 1.10. The minimum atomic E-state index is 0.396. The number of aryl methyl sites for hydroxylation is 1. The van der Waals surface area contributed by atoms with E-state index < -0.39 is 0 Å². The molecule has 1 fully saturated rings. The van der Waals surface area contributed by atoms with E-state index in [2.05, 4.69) is 19.9 Å². The van der Waals surface area contributed by atoms with Crippen molar-refractivity contribution in [3.8, 4) is 0 Å². The van der Waals surface area contributed by atoms with Crippen LogP contribution in [0.25, 0.3) is 11.2 Å². The Kier molecular flexibility index (Phi) is 2.36. The molecule has 2 aromatic rings. The molecule has 0 bridgehead atoms. The van der Waals surface area contributed by atoms with E-state index in [1.165, 1.54) is 19.3 Å². The van der Waals surface area contributed by atoms with Gasteiger partial charge in [-0.3, -0.25) is 0 Å². The van der Waals surface area contributed by atoms with Crippen LogP contribution in [0.5, 0.6) is 0 Å². The van der Waals surface area contributed by atoms with Gasteiger partial charge in [0.05, 0.1) is 6.04 Å². The summed E-state index contributed by atoms with van der Waals surface area (Å²) in [6, 6.07) is 4.36. The zero-order valence-corrected chi connectivity index (χ0v) is 9.48. The smallest absolute Gasteiger partial charge is 0.159 e. The molecule has 84 valence electrons. The van der Waals surface area contributed by atoms with Crippen LogP contribution in [0.3, 0.4) is 0 Å². The maximum atomic E-state index is 4.67. The minimum absolute atomic E-state index is 0.396. The van der Waals surface area contributed by atoms with Crippen molar-refractivity contribution in [1.82, 2.24) is 19.9 Å². The fraction of sp³-hybridized carbons (Fsp3) is 0.500. The molecule has 4 heteroatoms. The molecule has 1 atom stereocenters. The highest BCUT2D eigenvalue weighted by molar-refractivity contribution is 5.71. The Bertz CT molecular complexity index is 497. The number of hydrogen-bond acceptors (Lipinski definition) is 3. The van der Waals surface area contributed by atoms with Gasteiger partial charge in [-0.1, -0.05) is 6.42 Å². The Morgan fingerprint density at radius 1 is 1.44 bits per heavy atom. The molecular formula is C12H16N4. The number of pyridine rings is 1. The number of hydrogen-bond donors (Lipinski definition) is 1. The van der Waals surface area contributed by atoms with Crippen LogP contribution < -0.4 is 5.32 Å². The van der Waals surface area contributed by atoms with E-state index in [-0.39, 0.29) is 0 Å². The van der Waals surface area contributed by atoms with Crippen molar-refractivity contribution < 1.29 is 0 Å². The molecule has 4 nitrogen and oxygen atoms in total. The van der Waals surface area contributed by atoms with Gasteiger partial charge < -0.3 is 9.88 Å². The van der Waals surface area contributed by atoms with Crippen LogP contribution in [0.15, 0.2) is 18.3 Å². The second kappa shape index (κ2) is 3.87. The number of imidazole rings is 1. The Balaban J connectivity index is 2.05. The van der Waals surface area contributed by atoms with E-state index in [4.69, 9.17) is 0 Å². The SMILES string of the molecule is Cn1c(C2CCCCN2)nc2cccnc21. The standard InChI is InChI=1S/C12H16N4/c1-16-11-10(6-4-8-14-11)15-12(16)9-5-2-3-7-13-9/h4,6,8-9,13H,2-3,5,7H2,1H3. The molecular weight excluding hydrogens is 200 g/mol. The number of nitrogens with zero attached hydrogens (tertiary/aromatic N) is 3. The molecule has 1 unspecified atom stereocenters. The Morgan fingerprint density at radius 2 is 2.38 bits per heavy atom. The normalized spacial score (nSPS) is 21.4. The van der Waals surface area contributed by atoms with E-state index in [9.17, 15) is 0 Å². The lowest BCUT2D eigenvalue weighted by Crippen LogP contribution is -2.28. The zero-order chi connectivity index (χ0) is 11.0. The van der Waals surface area contributed by atoms with E-state index in [0.29, 0.717) is 6.04 Å². The molecule has 0 aliphatic carbocycles. The first-order chi connectivity index (χ1) is 7.86. The lowest BCUT2D eigenvalue weighted by molar-refractivity contribution is 0.391. The molecule has 3 rings (SSSR count). The van der Waals surface area contributed by atoms with Crippen molar-refractivity contribution in [2.75, 3.05) is 6.54 Å². The highest BCUT2D eigenvalue weighted by Crippen LogP contribution is 2.24. The van der Waals surface area contributed by atoms with Crippen LogP contribution in [-0.2, 0) is 7.05 Å². The minimum Gasteiger partial charge on any atom is -0.315 e. The highest BCUT2D eigenvalue weighted by Gasteiger charge is 2.20. The van der Waals surface area contributed by atoms with Crippen molar-refractivity contribution in [1.29, 1.82) is 0 Å². The molecule has 0 spiro atoms. The largest absolute Gasteiger partial charge is 0.315 e. The Hall–Kier alpha value is -1.42. The monoisotopic (exact) mass is 216 g/mol. The third-order valence-electron chi connectivity index (χ3n) is 3.28. The summed E-state index contributed by atoms with van der Waals surface area (Å²) in [4.78, 5) is 9.04. The number of piperidine rings is 1. The zero-order valence-electron chi connectivity index (χ0n) is 9.48.